The standard InChI is InChI=1S/C22H23NO5/c1-27-22(26)19(23-21(25)18-11-12-28-14-18)13-15-7-9-17(10-8-15)20(24)16-5-3-2-4-6-16/h2-10,18-19H,11-14H2,1H3,(H,23,25)/t18-,19+/m0/s1. The molecule has 3 rings (SSSR count). The van der Waals surface area contributed by atoms with Crippen LogP contribution in [0, 0.1) is 5.92 Å². The first-order valence-electron chi connectivity index (χ1n) is 9.23. The summed E-state index contributed by atoms with van der Waals surface area (Å²) in [7, 11) is 1.29. The highest BCUT2D eigenvalue weighted by Gasteiger charge is 2.28. The Morgan fingerprint density at radius 1 is 1.07 bits per heavy atom. The van der Waals surface area contributed by atoms with E-state index in [1.54, 1.807) is 36.4 Å². The van der Waals surface area contributed by atoms with Gasteiger partial charge in [-0.1, -0.05) is 54.6 Å². The molecule has 146 valence electrons. The molecule has 0 spiro atoms. The predicted molar refractivity (Wildman–Crippen MR) is 103 cm³/mol. The molecule has 6 nitrogen and oxygen atoms in total. The van der Waals surface area contributed by atoms with Gasteiger partial charge in [-0.2, -0.15) is 0 Å². The van der Waals surface area contributed by atoms with Crippen molar-refractivity contribution in [3.63, 3.8) is 0 Å². The van der Waals surface area contributed by atoms with Crippen LogP contribution in [0.5, 0.6) is 0 Å². The van der Waals surface area contributed by atoms with E-state index in [1.165, 1.54) is 7.11 Å². The van der Waals surface area contributed by atoms with Gasteiger partial charge in [-0.25, -0.2) is 4.79 Å². The fourth-order valence-electron chi connectivity index (χ4n) is 3.15. The van der Waals surface area contributed by atoms with Crippen LogP contribution >= 0.6 is 0 Å². The number of benzene rings is 2. The van der Waals surface area contributed by atoms with Crippen LogP contribution in [-0.2, 0) is 25.5 Å². The number of ketones is 1. The van der Waals surface area contributed by atoms with E-state index in [9.17, 15) is 14.4 Å². The summed E-state index contributed by atoms with van der Waals surface area (Å²) in [4.78, 5) is 36.9. The number of hydrogen-bond donors (Lipinski definition) is 1. The van der Waals surface area contributed by atoms with Crippen molar-refractivity contribution in [2.75, 3.05) is 20.3 Å². The summed E-state index contributed by atoms with van der Waals surface area (Å²) in [5.41, 5.74) is 2.01. The zero-order valence-electron chi connectivity index (χ0n) is 15.7. The van der Waals surface area contributed by atoms with Gasteiger partial charge < -0.3 is 14.8 Å². The van der Waals surface area contributed by atoms with Crippen LogP contribution in [0.15, 0.2) is 54.6 Å². The molecule has 2 atom stereocenters. The molecule has 0 radical (unpaired) electrons. The molecule has 28 heavy (non-hydrogen) atoms. The highest BCUT2D eigenvalue weighted by atomic mass is 16.5. The van der Waals surface area contributed by atoms with Crippen molar-refractivity contribution in [1.82, 2.24) is 5.32 Å². The number of methoxy groups -OCH3 is 1. The Kier molecular flexibility index (Phi) is 6.55. The first-order chi connectivity index (χ1) is 13.6. The average Bonchev–Trinajstić information content (AvgIpc) is 3.28. The van der Waals surface area contributed by atoms with Gasteiger partial charge >= 0.3 is 5.97 Å². The molecule has 0 unspecified atom stereocenters. The molecule has 1 aliphatic heterocycles. The smallest absolute Gasteiger partial charge is 0.328 e. The van der Waals surface area contributed by atoms with Crippen molar-refractivity contribution in [2.24, 2.45) is 5.92 Å². The first kappa shape index (κ1) is 19.8. The number of nitrogens with one attached hydrogen (secondary N) is 1. The van der Waals surface area contributed by atoms with Gasteiger partial charge in [-0.05, 0) is 12.0 Å². The third kappa shape index (κ3) is 4.84. The Labute approximate surface area is 163 Å². The molecule has 1 aliphatic rings. The molecule has 0 aliphatic carbocycles. The van der Waals surface area contributed by atoms with Gasteiger partial charge in [0, 0.05) is 24.2 Å². The van der Waals surface area contributed by atoms with Gasteiger partial charge in [-0.3, -0.25) is 9.59 Å². The Morgan fingerprint density at radius 2 is 1.75 bits per heavy atom. The minimum Gasteiger partial charge on any atom is -0.467 e. The SMILES string of the molecule is COC(=O)[C@@H](Cc1ccc(C(=O)c2ccccc2)cc1)NC(=O)[C@H]1CCOC1. The van der Waals surface area contributed by atoms with E-state index in [1.807, 2.05) is 18.2 Å². The number of hydrogen-bond acceptors (Lipinski definition) is 5. The number of ether oxygens (including phenoxy) is 2. The molecule has 1 heterocycles. The summed E-state index contributed by atoms with van der Waals surface area (Å²) in [6, 6.07) is 15.3. The van der Waals surface area contributed by atoms with Crippen LogP contribution in [0.2, 0.25) is 0 Å². The Balaban J connectivity index is 1.67. The third-order valence-corrected chi connectivity index (χ3v) is 4.79. The summed E-state index contributed by atoms with van der Waals surface area (Å²) < 4.78 is 10.1. The fourth-order valence-corrected chi connectivity index (χ4v) is 3.15. The van der Waals surface area contributed by atoms with Gasteiger partial charge in [-0.15, -0.1) is 0 Å². The molecule has 6 heteroatoms. The predicted octanol–water partition coefficient (Wildman–Crippen LogP) is 2.15. The molecule has 1 N–H and O–H groups in total. The topological polar surface area (TPSA) is 81.7 Å². The maximum atomic E-state index is 12.5. The Morgan fingerprint density at radius 3 is 2.36 bits per heavy atom. The molecule has 1 fully saturated rings. The lowest BCUT2D eigenvalue weighted by Gasteiger charge is -2.18. The van der Waals surface area contributed by atoms with Crippen molar-refractivity contribution >= 4 is 17.7 Å². The lowest BCUT2D eigenvalue weighted by molar-refractivity contribution is -0.145. The number of rotatable bonds is 7. The maximum absolute atomic E-state index is 12.5. The lowest BCUT2D eigenvalue weighted by Crippen LogP contribution is -2.45. The van der Waals surface area contributed by atoms with E-state index < -0.39 is 12.0 Å². The number of carbonyl (C=O) groups is 3. The van der Waals surface area contributed by atoms with Crippen LogP contribution in [0.25, 0.3) is 0 Å². The molecule has 1 saturated heterocycles. The quantitative estimate of drug-likeness (QED) is 0.587. The Hall–Kier alpha value is -2.99. The number of esters is 1. The molecule has 2 aromatic rings. The van der Waals surface area contributed by atoms with Gasteiger partial charge in [0.05, 0.1) is 19.6 Å². The highest BCUT2D eigenvalue weighted by Crippen LogP contribution is 2.15. The zero-order chi connectivity index (χ0) is 19.9. The van der Waals surface area contributed by atoms with Crippen molar-refractivity contribution in [3.05, 3.63) is 71.3 Å². The average molecular weight is 381 g/mol. The highest BCUT2D eigenvalue weighted by molar-refractivity contribution is 6.08. The largest absolute Gasteiger partial charge is 0.467 e. The molecular weight excluding hydrogens is 358 g/mol. The molecule has 1 amide bonds. The van der Waals surface area contributed by atoms with E-state index in [0.717, 1.165) is 5.56 Å². The maximum Gasteiger partial charge on any atom is 0.328 e. The summed E-state index contributed by atoms with van der Waals surface area (Å²) in [6.07, 6.45) is 0.932. The van der Waals surface area contributed by atoms with Crippen molar-refractivity contribution < 1.29 is 23.9 Å². The van der Waals surface area contributed by atoms with Crippen LogP contribution in [0.3, 0.4) is 0 Å². The monoisotopic (exact) mass is 381 g/mol. The van der Waals surface area contributed by atoms with Crippen LogP contribution in [0.1, 0.15) is 27.9 Å². The second-order valence-corrected chi connectivity index (χ2v) is 6.74. The van der Waals surface area contributed by atoms with E-state index in [-0.39, 0.29) is 24.0 Å². The minimum atomic E-state index is -0.784. The molecule has 0 bridgehead atoms. The van der Waals surface area contributed by atoms with Crippen molar-refractivity contribution in [3.8, 4) is 0 Å². The van der Waals surface area contributed by atoms with Gasteiger partial charge in [0.2, 0.25) is 5.91 Å². The molecule has 2 aromatic carbocycles. The van der Waals surface area contributed by atoms with Crippen molar-refractivity contribution in [1.29, 1.82) is 0 Å². The summed E-state index contributed by atoms with van der Waals surface area (Å²) in [5, 5.41) is 2.76. The fraction of sp³-hybridized carbons (Fsp3) is 0.318. The second-order valence-electron chi connectivity index (χ2n) is 6.74. The molecular formula is C22H23NO5. The summed E-state index contributed by atoms with van der Waals surface area (Å²) >= 11 is 0. The summed E-state index contributed by atoms with van der Waals surface area (Å²) in [6.45, 7) is 0.925. The van der Waals surface area contributed by atoms with E-state index in [4.69, 9.17) is 9.47 Å². The zero-order valence-corrected chi connectivity index (χ0v) is 15.7. The van der Waals surface area contributed by atoms with Gasteiger partial charge in [0.25, 0.3) is 0 Å². The van der Waals surface area contributed by atoms with E-state index in [0.29, 0.717) is 30.8 Å². The lowest BCUT2D eigenvalue weighted by atomic mass is 9.99. The van der Waals surface area contributed by atoms with E-state index >= 15 is 0 Å². The molecule has 0 aromatic heterocycles. The Bertz CT molecular complexity index is 826. The van der Waals surface area contributed by atoms with Crippen LogP contribution in [-0.4, -0.2) is 44.0 Å². The summed E-state index contributed by atoms with van der Waals surface area (Å²) in [5.74, 6) is -1.01. The number of carbonyl (C=O) groups excluding carboxylic acids is 3. The van der Waals surface area contributed by atoms with Gasteiger partial charge in [0.15, 0.2) is 5.78 Å². The van der Waals surface area contributed by atoms with Crippen LogP contribution in [0.4, 0.5) is 0 Å². The van der Waals surface area contributed by atoms with Crippen LogP contribution < -0.4 is 5.32 Å². The first-order valence-corrected chi connectivity index (χ1v) is 9.23. The second kappa shape index (κ2) is 9.28. The normalized spacial score (nSPS) is 17.0. The van der Waals surface area contributed by atoms with E-state index in [2.05, 4.69) is 5.32 Å². The third-order valence-electron chi connectivity index (χ3n) is 4.79. The van der Waals surface area contributed by atoms with Gasteiger partial charge in [0.1, 0.15) is 6.04 Å². The molecule has 0 saturated carbocycles. The van der Waals surface area contributed by atoms with Crippen molar-refractivity contribution in [2.45, 2.75) is 18.9 Å². The minimum absolute atomic E-state index is 0.0637. The number of amides is 1.